The summed E-state index contributed by atoms with van der Waals surface area (Å²) in [5.41, 5.74) is 8.96. The Morgan fingerprint density at radius 1 is 0.365 bits per heavy atom. The summed E-state index contributed by atoms with van der Waals surface area (Å²) in [7, 11) is 0. The largest absolute Gasteiger partial charge is 0.278 e. The first-order valence-electron chi connectivity index (χ1n) is 21.1. The highest BCUT2D eigenvalue weighted by atomic mass is 32.1. The van der Waals surface area contributed by atoms with Crippen LogP contribution < -0.4 is 0 Å². The van der Waals surface area contributed by atoms with Crippen molar-refractivity contribution in [1.29, 1.82) is 0 Å². The van der Waals surface area contributed by atoms with Crippen molar-refractivity contribution in [3.63, 3.8) is 0 Å². The van der Waals surface area contributed by atoms with Crippen LogP contribution in [-0.2, 0) is 0 Å². The molecule has 0 bridgehead atoms. The zero-order valence-corrected chi connectivity index (χ0v) is 34.4. The minimum Gasteiger partial charge on any atom is -0.278 e. The summed E-state index contributed by atoms with van der Waals surface area (Å²) in [6.07, 6.45) is 0. The molecule has 6 nitrogen and oxygen atoms in total. The topological polar surface area (TPSA) is 61.4 Å². The number of aromatic nitrogens is 6. The lowest BCUT2D eigenvalue weighted by Gasteiger charge is -2.13. The molecule has 14 rings (SSSR count). The number of hydrogen-bond acceptors (Lipinski definition) is 5. The second kappa shape index (κ2) is 13.1. The summed E-state index contributed by atoms with van der Waals surface area (Å²) < 4.78 is 5.72. The molecule has 0 saturated heterocycles. The molecule has 0 unspecified atom stereocenters. The number of para-hydroxylation sites is 3. The van der Waals surface area contributed by atoms with Crippen molar-refractivity contribution in [2.24, 2.45) is 0 Å². The first kappa shape index (κ1) is 34.5. The van der Waals surface area contributed by atoms with Gasteiger partial charge >= 0.3 is 0 Å². The molecule has 0 fully saturated rings. The molecule has 292 valence electrons. The van der Waals surface area contributed by atoms with Gasteiger partial charge in [0, 0.05) is 53.5 Å². The van der Waals surface area contributed by atoms with Crippen LogP contribution in [0.2, 0.25) is 0 Å². The zero-order valence-electron chi connectivity index (χ0n) is 33.6. The van der Waals surface area contributed by atoms with Gasteiger partial charge in [0.1, 0.15) is 4.83 Å². The van der Waals surface area contributed by atoms with Crippen molar-refractivity contribution in [3.8, 4) is 34.4 Å². The molecule has 0 aliphatic rings. The van der Waals surface area contributed by atoms with Crippen LogP contribution in [-0.4, -0.2) is 29.1 Å². The minimum absolute atomic E-state index is 0.619. The van der Waals surface area contributed by atoms with E-state index in [9.17, 15) is 0 Å². The third-order valence-corrected chi connectivity index (χ3v) is 13.8. The number of hydrogen-bond donors (Lipinski definition) is 0. The highest BCUT2D eigenvalue weighted by Crippen LogP contribution is 2.44. The smallest absolute Gasteiger partial charge is 0.236 e. The van der Waals surface area contributed by atoms with Gasteiger partial charge < -0.3 is 0 Å². The molecule has 63 heavy (non-hydrogen) atoms. The highest BCUT2D eigenvalue weighted by Gasteiger charge is 2.25. The molecule has 0 N–H and O–H groups in total. The molecule has 0 saturated carbocycles. The summed E-state index contributed by atoms with van der Waals surface area (Å²) >= 11 is 1.72. The third kappa shape index (κ3) is 4.99. The summed E-state index contributed by atoms with van der Waals surface area (Å²) in [4.78, 5) is 22.9. The SMILES string of the molecule is c1ccc2cc(-c3nc(-n4c5ccccc5c5ccc6c(c7ccccc7n6-c6nc(-c7cccc8ccccc78)c7c(n6)sc6ccccc67)c54)nc4ccccc34)ccc2c1. The Hall–Kier alpha value is -8.26. The predicted molar refractivity (Wildman–Crippen MR) is 263 cm³/mol. The normalized spacial score (nSPS) is 12.1. The molecule has 0 spiro atoms. The summed E-state index contributed by atoms with van der Waals surface area (Å²) in [5, 5.41) is 12.4. The minimum atomic E-state index is 0.619. The monoisotopic (exact) mass is 820 g/mol. The van der Waals surface area contributed by atoms with E-state index in [1.54, 1.807) is 11.3 Å². The summed E-state index contributed by atoms with van der Waals surface area (Å²) in [5.74, 6) is 1.25. The first-order chi connectivity index (χ1) is 31.2. The van der Waals surface area contributed by atoms with Crippen molar-refractivity contribution >= 4 is 108 Å². The quantitative estimate of drug-likeness (QED) is 0.177. The van der Waals surface area contributed by atoms with Gasteiger partial charge in [0.25, 0.3) is 0 Å². The Morgan fingerprint density at radius 2 is 1.02 bits per heavy atom. The number of rotatable bonds is 4. The fraction of sp³-hybridized carbons (Fsp3) is 0. The van der Waals surface area contributed by atoms with Crippen LogP contribution in [0.15, 0.2) is 194 Å². The van der Waals surface area contributed by atoms with Gasteiger partial charge in [-0.3, -0.25) is 9.13 Å². The fourth-order valence-corrected chi connectivity index (χ4v) is 11.1. The van der Waals surface area contributed by atoms with Gasteiger partial charge in [-0.25, -0.2) is 19.9 Å². The fourth-order valence-electron chi connectivity index (χ4n) is 9.99. The summed E-state index contributed by atoms with van der Waals surface area (Å²) in [6.45, 7) is 0. The lowest BCUT2D eigenvalue weighted by atomic mass is 9.99. The summed E-state index contributed by atoms with van der Waals surface area (Å²) in [6, 6.07) is 68.9. The van der Waals surface area contributed by atoms with Crippen molar-refractivity contribution in [1.82, 2.24) is 29.1 Å². The van der Waals surface area contributed by atoms with Crippen molar-refractivity contribution in [2.75, 3.05) is 0 Å². The van der Waals surface area contributed by atoms with Gasteiger partial charge in [-0.1, -0.05) is 158 Å². The molecule has 5 heterocycles. The van der Waals surface area contributed by atoms with Crippen molar-refractivity contribution < 1.29 is 0 Å². The maximum atomic E-state index is 5.62. The van der Waals surface area contributed by atoms with Crippen LogP contribution in [0, 0.1) is 0 Å². The van der Waals surface area contributed by atoms with E-state index in [1.165, 1.54) is 26.2 Å². The van der Waals surface area contributed by atoms with E-state index >= 15 is 0 Å². The Kier molecular flexibility index (Phi) is 7.17. The molecule has 0 aliphatic heterocycles. The van der Waals surface area contributed by atoms with Crippen LogP contribution in [0.1, 0.15) is 0 Å². The molecule has 9 aromatic carbocycles. The van der Waals surface area contributed by atoms with Crippen molar-refractivity contribution in [2.45, 2.75) is 0 Å². The molecule has 0 radical (unpaired) electrons. The first-order valence-corrected chi connectivity index (χ1v) is 22.0. The van der Waals surface area contributed by atoms with Crippen LogP contribution in [0.5, 0.6) is 0 Å². The second-order valence-corrected chi connectivity index (χ2v) is 17.2. The van der Waals surface area contributed by atoms with E-state index in [-0.39, 0.29) is 0 Å². The highest BCUT2D eigenvalue weighted by molar-refractivity contribution is 7.25. The van der Waals surface area contributed by atoms with Gasteiger partial charge in [0.2, 0.25) is 11.9 Å². The van der Waals surface area contributed by atoms with Crippen LogP contribution in [0.3, 0.4) is 0 Å². The predicted octanol–water partition coefficient (Wildman–Crippen LogP) is 14.6. The molecular weight excluding hydrogens is 789 g/mol. The van der Waals surface area contributed by atoms with Gasteiger partial charge in [0.05, 0.1) is 39.0 Å². The van der Waals surface area contributed by atoms with E-state index in [2.05, 4.69) is 203 Å². The van der Waals surface area contributed by atoms with E-state index < -0.39 is 0 Å². The maximum absolute atomic E-state index is 5.62. The van der Waals surface area contributed by atoms with E-state index in [1.807, 2.05) is 0 Å². The lowest BCUT2D eigenvalue weighted by Crippen LogP contribution is -2.04. The average Bonchev–Trinajstić information content (AvgIpc) is 4.01. The molecule has 0 atom stereocenters. The molecule has 14 aromatic rings. The van der Waals surface area contributed by atoms with Crippen molar-refractivity contribution in [3.05, 3.63) is 194 Å². The molecular formula is C56H32N6S. The van der Waals surface area contributed by atoms with E-state index in [4.69, 9.17) is 19.9 Å². The Labute approximate surface area is 363 Å². The third-order valence-electron chi connectivity index (χ3n) is 12.8. The Morgan fingerprint density at radius 3 is 1.89 bits per heavy atom. The Balaban J connectivity index is 1.10. The molecule has 0 amide bonds. The molecule has 5 aromatic heterocycles. The lowest BCUT2D eigenvalue weighted by molar-refractivity contribution is 1.01. The number of nitrogens with zero attached hydrogens (tertiary/aromatic N) is 6. The van der Waals surface area contributed by atoms with Crippen LogP contribution in [0.4, 0.5) is 0 Å². The van der Waals surface area contributed by atoms with Gasteiger partial charge in [-0.2, -0.15) is 0 Å². The number of benzene rings is 9. The van der Waals surface area contributed by atoms with Gasteiger partial charge in [-0.15, -0.1) is 11.3 Å². The zero-order chi connectivity index (χ0) is 41.2. The average molecular weight is 821 g/mol. The standard InChI is InChI=1S/C56H32N6S/c1-2-16-35-32-36(29-28-33(35)14-1)51-41-20-5-9-24-44(41)57-55(58-51)62-45-25-10-6-19-38(45)40-30-31-47-49(53(40)62)42-21-7-11-26-46(42)61(47)56-59-52(39-23-13-17-34-15-3-4-18-37(34)39)50-43-22-8-12-27-48(43)63-54(50)60-56/h1-32H. The van der Waals surface area contributed by atoms with Crippen LogP contribution >= 0.6 is 11.3 Å². The second-order valence-electron chi connectivity index (χ2n) is 16.2. The number of fused-ring (bicyclic) bond motifs is 13. The van der Waals surface area contributed by atoms with Gasteiger partial charge in [-0.05, 0) is 57.9 Å². The maximum Gasteiger partial charge on any atom is 0.236 e. The van der Waals surface area contributed by atoms with Crippen LogP contribution in [0.25, 0.3) is 131 Å². The Bertz CT molecular complexity index is 4230. The van der Waals surface area contributed by atoms with E-state index in [0.717, 1.165) is 92.6 Å². The molecule has 7 heteroatoms. The molecule has 0 aliphatic carbocycles. The van der Waals surface area contributed by atoms with Gasteiger partial charge in [0.15, 0.2) is 0 Å². The van der Waals surface area contributed by atoms with E-state index in [0.29, 0.717) is 11.9 Å². The number of thiophene rings is 1.